The maximum Gasteiger partial charge on any atom is 0.407 e. The summed E-state index contributed by atoms with van der Waals surface area (Å²) in [5, 5.41) is 6.10. The van der Waals surface area contributed by atoms with E-state index in [4.69, 9.17) is 14.2 Å². The van der Waals surface area contributed by atoms with E-state index < -0.39 is 11.7 Å². The van der Waals surface area contributed by atoms with Gasteiger partial charge in [-0.15, -0.1) is 0 Å². The van der Waals surface area contributed by atoms with Gasteiger partial charge < -0.3 is 24.8 Å². The molecular weight excluding hydrogens is 364 g/mol. The summed E-state index contributed by atoms with van der Waals surface area (Å²) < 4.78 is 16.9. The van der Waals surface area contributed by atoms with Crippen LogP contribution in [0.3, 0.4) is 0 Å². The van der Waals surface area contributed by atoms with Crippen LogP contribution in [0.2, 0.25) is 0 Å². The minimum Gasteiger partial charge on any atom is -0.454 e. The molecule has 0 aromatic heterocycles. The Balaban J connectivity index is 1.79. The molecular formula is C16H23BrN2O4. The zero-order valence-corrected chi connectivity index (χ0v) is 15.5. The average molecular weight is 387 g/mol. The Bertz CT molecular complexity index is 572. The highest BCUT2D eigenvalue weighted by Crippen LogP contribution is 2.36. The van der Waals surface area contributed by atoms with Crippen LogP contribution in [-0.2, 0) is 11.3 Å². The van der Waals surface area contributed by atoms with Gasteiger partial charge in [0.2, 0.25) is 6.79 Å². The fourth-order valence-corrected chi connectivity index (χ4v) is 2.46. The minimum atomic E-state index is -0.488. The summed E-state index contributed by atoms with van der Waals surface area (Å²) in [4.78, 5) is 11.6. The van der Waals surface area contributed by atoms with Crippen molar-refractivity contribution in [2.24, 2.45) is 0 Å². The molecule has 1 aromatic rings. The first-order chi connectivity index (χ1) is 10.7. The van der Waals surface area contributed by atoms with Crippen molar-refractivity contribution in [3.8, 4) is 11.5 Å². The Morgan fingerprint density at radius 2 is 2.00 bits per heavy atom. The zero-order valence-electron chi connectivity index (χ0n) is 13.9. The number of benzene rings is 1. The highest BCUT2D eigenvalue weighted by Gasteiger charge is 2.18. The molecule has 0 spiro atoms. The number of carbonyl (C=O) groups is 1. The lowest BCUT2D eigenvalue weighted by Crippen LogP contribution is -2.41. The molecule has 0 saturated heterocycles. The van der Waals surface area contributed by atoms with Crippen LogP contribution in [0.1, 0.15) is 33.3 Å². The molecule has 1 unspecified atom stereocenters. The van der Waals surface area contributed by atoms with Crippen molar-refractivity contribution in [3.63, 3.8) is 0 Å². The monoisotopic (exact) mass is 386 g/mol. The number of fused-ring (bicyclic) bond motifs is 1. The van der Waals surface area contributed by atoms with Gasteiger partial charge in [0.05, 0.1) is 0 Å². The highest BCUT2D eigenvalue weighted by atomic mass is 79.9. The van der Waals surface area contributed by atoms with Gasteiger partial charge in [-0.1, -0.05) is 15.9 Å². The summed E-state index contributed by atoms with van der Waals surface area (Å²) in [5.74, 6) is 1.50. The summed E-state index contributed by atoms with van der Waals surface area (Å²) >= 11 is 3.53. The normalized spacial score (nSPS) is 14.5. The van der Waals surface area contributed by atoms with E-state index in [1.807, 2.05) is 39.8 Å². The zero-order chi connectivity index (χ0) is 17.0. The van der Waals surface area contributed by atoms with E-state index in [0.29, 0.717) is 13.1 Å². The third-order valence-electron chi connectivity index (χ3n) is 3.13. The van der Waals surface area contributed by atoms with Crippen LogP contribution in [-0.4, -0.2) is 31.1 Å². The van der Waals surface area contributed by atoms with Crippen molar-refractivity contribution < 1.29 is 19.0 Å². The Hall–Kier alpha value is -1.47. The summed E-state index contributed by atoms with van der Waals surface area (Å²) in [6, 6.07) is 3.95. The fourth-order valence-electron chi connectivity index (χ4n) is 2.00. The standard InChI is InChI=1S/C16H23BrN2O4/c1-10(7-19-15(20)23-16(2,3)4)18-8-11-5-13-14(6-12(11)17)22-9-21-13/h5-6,10,18H,7-9H2,1-4H3,(H,19,20). The quantitative estimate of drug-likeness (QED) is 0.812. The first kappa shape index (κ1) is 17.9. The molecule has 1 amide bonds. The lowest BCUT2D eigenvalue weighted by atomic mass is 10.2. The van der Waals surface area contributed by atoms with Crippen LogP contribution in [0.5, 0.6) is 11.5 Å². The largest absolute Gasteiger partial charge is 0.454 e. The van der Waals surface area contributed by atoms with Gasteiger partial charge in [0, 0.05) is 23.6 Å². The number of carbonyl (C=O) groups excluding carboxylic acids is 1. The van der Waals surface area contributed by atoms with Crippen LogP contribution in [0.15, 0.2) is 16.6 Å². The molecule has 1 aliphatic heterocycles. The minimum absolute atomic E-state index is 0.0971. The van der Waals surface area contributed by atoms with Gasteiger partial charge in [-0.05, 0) is 45.4 Å². The predicted molar refractivity (Wildman–Crippen MR) is 90.8 cm³/mol. The number of rotatable bonds is 5. The Morgan fingerprint density at radius 3 is 2.65 bits per heavy atom. The molecule has 7 heteroatoms. The third kappa shape index (κ3) is 5.58. The summed E-state index contributed by atoms with van der Waals surface area (Å²) in [7, 11) is 0. The van der Waals surface area contributed by atoms with Crippen molar-refractivity contribution in [2.75, 3.05) is 13.3 Å². The summed E-state index contributed by atoms with van der Waals surface area (Å²) in [6.45, 7) is 8.90. The molecule has 1 aromatic carbocycles. The van der Waals surface area contributed by atoms with Crippen molar-refractivity contribution >= 4 is 22.0 Å². The highest BCUT2D eigenvalue weighted by molar-refractivity contribution is 9.10. The smallest absolute Gasteiger partial charge is 0.407 e. The van der Waals surface area contributed by atoms with Crippen molar-refractivity contribution in [1.29, 1.82) is 0 Å². The van der Waals surface area contributed by atoms with Crippen molar-refractivity contribution in [2.45, 2.75) is 45.9 Å². The maximum atomic E-state index is 11.6. The average Bonchev–Trinajstić information content (AvgIpc) is 2.87. The molecule has 1 aliphatic rings. The Kier molecular flexibility index (Phi) is 5.75. The summed E-state index contributed by atoms with van der Waals surface area (Å²) in [5.41, 5.74) is 0.580. The number of hydrogen-bond donors (Lipinski definition) is 2. The number of nitrogens with one attached hydrogen (secondary N) is 2. The number of alkyl carbamates (subject to hydrolysis) is 1. The van der Waals surface area contributed by atoms with E-state index in [2.05, 4.69) is 26.6 Å². The molecule has 0 saturated carbocycles. The first-order valence-electron chi connectivity index (χ1n) is 7.53. The second-order valence-corrected chi connectivity index (χ2v) is 7.32. The predicted octanol–water partition coefficient (Wildman–Crippen LogP) is 3.18. The lowest BCUT2D eigenvalue weighted by molar-refractivity contribution is 0.0523. The van der Waals surface area contributed by atoms with E-state index >= 15 is 0 Å². The van der Waals surface area contributed by atoms with E-state index in [-0.39, 0.29) is 12.8 Å². The molecule has 0 bridgehead atoms. The SMILES string of the molecule is CC(CNC(=O)OC(C)(C)C)NCc1cc2c(cc1Br)OCO2. The molecule has 1 atom stereocenters. The lowest BCUT2D eigenvalue weighted by Gasteiger charge is -2.21. The van der Waals surface area contributed by atoms with Crippen LogP contribution in [0.4, 0.5) is 4.79 Å². The van der Waals surface area contributed by atoms with Gasteiger partial charge in [0.1, 0.15) is 5.60 Å². The van der Waals surface area contributed by atoms with Gasteiger partial charge in [0.25, 0.3) is 0 Å². The molecule has 23 heavy (non-hydrogen) atoms. The Labute approximate surface area is 145 Å². The molecule has 6 nitrogen and oxygen atoms in total. The van der Waals surface area contributed by atoms with Crippen molar-refractivity contribution in [1.82, 2.24) is 10.6 Å². The molecule has 1 heterocycles. The van der Waals surface area contributed by atoms with Gasteiger partial charge in [-0.3, -0.25) is 0 Å². The van der Waals surface area contributed by atoms with Gasteiger partial charge in [-0.2, -0.15) is 0 Å². The maximum absolute atomic E-state index is 11.6. The fraction of sp³-hybridized carbons (Fsp3) is 0.562. The van der Waals surface area contributed by atoms with Gasteiger partial charge in [-0.25, -0.2) is 4.79 Å². The summed E-state index contributed by atoms with van der Waals surface area (Å²) in [6.07, 6.45) is -0.407. The van der Waals surface area contributed by atoms with Crippen LogP contribution < -0.4 is 20.1 Å². The molecule has 128 valence electrons. The van der Waals surface area contributed by atoms with E-state index in [1.54, 1.807) is 0 Å². The molecule has 0 fully saturated rings. The second-order valence-electron chi connectivity index (χ2n) is 6.46. The number of amides is 1. The number of hydrogen-bond acceptors (Lipinski definition) is 5. The second kappa shape index (κ2) is 7.40. The molecule has 0 radical (unpaired) electrons. The first-order valence-corrected chi connectivity index (χ1v) is 8.32. The van der Waals surface area contributed by atoms with Gasteiger partial charge >= 0.3 is 6.09 Å². The van der Waals surface area contributed by atoms with E-state index in [9.17, 15) is 4.79 Å². The van der Waals surface area contributed by atoms with Crippen LogP contribution >= 0.6 is 15.9 Å². The topological polar surface area (TPSA) is 68.8 Å². The Morgan fingerprint density at radius 1 is 1.35 bits per heavy atom. The van der Waals surface area contributed by atoms with Crippen LogP contribution in [0.25, 0.3) is 0 Å². The molecule has 2 rings (SSSR count). The van der Waals surface area contributed by atoms with Crippen molar-refractivity contribution in [3.05, 3.63) is 22.2 Å². The van der Waals surface area contributed by atoms with E-state index in [0.717, 1.165) is 21.5 Å². The van der Waals surface area contributed by atoms with E-state index in [1.165, 1.54) is 0 Å². The molecule has 2 N–H and O–H groups in total. The van der Waals surface area contributed by atoms with Gasteiger partial charge in [0.15, 0.2) is 11.5 Å². The number of ether oxygens (including phenoxy) is 3. The van der Waals surface area contributed by atoms with Crippen LogP contribution in [0, 0.1) is 0 Å². The molecule has 0 aliphatic carbocycles. The number of halogens is 1. The third-order valence-corrected chi connectivity index (χ3v) is 3.87.